The average Bonchev–Trinajstić information content (AvgIpc) is 2.84. The van der Waals surface area contributed by atoms with Crippen LogP contribution in [0.3, 0.4) is 0 Å². The summed E-state index contributed by atoms with van der Waals surface area (Å²) in [5.74, 6) is -0.371. The first kappa shape index (κ1) is 13.5. The molecule has 0 bridgehead atoms. The van der Waals surface area contributed by atoms with Crippen molar-refractivity contribution in [2.45, 2.75) is 19.4 Å². The molecule has 0 spiro atoms. The standard InChI is InChI=1S/C18H14FNOS/c1-11-8-12-4-2-3-5-15(12)20(11)16-10-22-17-7-6-13(19)9-14(17)18(16)21/h2-7,9-11H,8H2,1H3/t11-/m0/s1. The van der Waals surface area contributed by atoms with Gasteiger partial charge in [-0.05, 0) is 43.2 Å². The number of hydrogen-bond acceptors (Lipinski definition) is 3. The summed E-state index contributed by atoms with van der Waals surface area (Å²) in [6.07, 6.45) is 0.918. The van der Waals surface area contributed by atoms with Crippen molar-refractivity contribution in [2.75, 3.05) is 4.90 Å². The first-order valence-corrected chi connectivity index (χ1v) is 8.11. The summed E-state index contributed by atoms with van der Waals surface area (Å²) in [6, 6.07) is 12.8. The number of rotatable bonds is 1. The Hall–Kier alpha value is -2.20. The van der Waals surface area contributed by atoms with Crippen molar-refractivity contribution in [2.24, 2.45) is 0 Å². The van der Waals surface area contributed by atoms with Gasteiger partial charge in [0.25, 0.3) is 0 Å². The maximum Gasteiger partial charge on any atom is 0.211 e. The van der Waals surface area contributed by atoms with Crippen molar-refractivity contribution in [3.63, 3.8) is 0 Å². The molecule has 0 saturated carbocycles. The molecule has 4 rings (SSSR count). The summed E-state index contributed by atoms with van der Waals surface area (Å²) in [5.41, 5.74) is 2.87. The van der Waals surface area contributed by atoms with Crippen molar-refractivity contribution in [1.29, 1.82) is 0 Å². The predicted molar refractivity (Wildman–Crippen MR) is 89.8 cm³/mol. The number of fused-ring (bicyclic) bond motifs is 2. The Balaban J connectivity index is 1.95. The maximum absolute atomic E-state index is 13.5. The second-order valence-corrected chi connectivity index (χ2v) is 6.55. The second-order valence-electron chi connectivity index (χ2n) is 5.64. The van der Waals surface area contributed by atoms with E-state index in [1.807, 2.05) is 23.6 Å². The van der Waals surface area contributed by atoms with Crippen molar-refractivity contribution >= 4 is 32.8 Å². The second kappa shape index (κ2) is 4.92. The maximum atomic E-state index is 13.5. The first-order chi connectivity index (χ1) is 10.6. The molecule has 2 nitrogen and oxygen atoms in total. The minimum Gasteiger partial charge on any atom is -0.334 e. The first-order valence-electron chi connectivity index (χ1n) is 7.23. The molecule has 0 saturated heterocycles. The van der Waals surface area contributed by atoms with Gasteiger partial charge in [-0.1, -0.05) is 18.2 Å². The van der Waals surface area contributed by atoms with E-state index in [2.05, 4.69) is 17.9 Å². The summed E-state index contributed by atoms with van der Waals surface area (Å²) in [5, 5.41) is 2.35. The third kappa shape index (κ3) is 1.95. The largest absolute Gasteiger partial charge is 0.334 e. The molecule has 22 heavy (non-hydrogen) atoms. The molecule has 3 aromatic rings. The summed E-state index contributed by atoms with van der Waals surface area (Å²) >= 11 is 1.48. The van der Waals surface area contributed by atoms with Gasteiger partial charge in [-0.2, -0.15) is 0 Å². The zero-order valence-corrected chi connectivity index (χ0v) is 12.9. The zero-order valence-electron chi connectivity index (χ0n) is 12.0. The molecule has 0 aliphatic carbocycles. The molecule has 0 radical (unpaired) electrons. The Morgan fingerprint density at radius 1 is 1.18 bits per heavy atom. The van der Waals surface area contributed by atoms with Gasteiger partial charge in [0.05, 0.1) is 0 Å². The van der Waals surface area contributed by atoms with Crippen LogP contribution in [0.5, 0.6) is 0 Å². The lowest BCUT2D eigenvalue weighted by Crippen LogP contribution is -2.28. The minimum atomic E-state index is -0.371. The van der Waals surface area contributed by atoms with Crippen LogP contribution < -0.4 is 10.3 Å². The van der Waals surface area contributed by atoms with Crippen LogP contribution >= 0.6 is 11.3 Å². The quantitative estimate of drug-likeness (QED) is 0.660. The van der Waals surface area contributed by atoms with Crippen molar-refractivity contribution < 1.29 is 4.39 Å². The molecule has 0 fully saturated rings. The van der Waals surface area contributed by atoms with Gasteiger partial charge in [0.1, 0.15) is 11.5 Å². The fourth-order valence-electron chi connectivity index (χ4n) is 3.19. The molecule has 4 heteroatoms. The topological polar surface area (TPSA) is 20.3 Å². The molecule has 1 atom stereocenters. The predicted octanol–water partition coefficient (Wildman–Crippen LogP) is 4.48. The fraction of sp³-hybridized carbons (Fsp3) is 0.167. The van der Waals surface area contributed by atoms with E-state index < -0.39 is 0 Å². The Bertz CT molecular complexity index is 934. The van der Waals surface area contributed by atoms with Crippen LogP contribution in [0.15, 0.2) is 52.6 Å². The lowest BCUT2D eigenvalue weighted by atomic mass is 10.1. The number of halogens is 1. The van der Waals surface area contributed by atoms with E-state index in [4.69, 9.17) is 0 Å². The molecule has 1 aromatic heterocycles. The summed E-state index contributed by atoms with van der Waals surface area (Å²) in [4.78, 5) is 14.9. The van der Waals surface area contributed by atoms with Crippen molar-refractivity contribution in [3.05, 3.63) is 69.4 Å². The fourth-order valence-corrected chi connectivity index (χ4v) is 4.08. The van der Waals surface area contributed by atoms with Crippen LogP contribution in [0.4, 0.5) is 15.8 Å². The van der Waals surface area contributed by atoms with Crippen LogP contribution in [-0.4, -0.2) is 6.04 Å². The Labute approximate surface area is 131 Å². The highest BCUT2D eigenvalue weighted by atomic mass is 32.1. The SMILES string of the molecule is C[C@H]1Cc2ccccc2N1c1csc2ccc(F)cc2c1=O. The Morgan fingerprint density at radius 3 is 2.86 bits per heavy atom. The highest BCUT2D eigenvalue weighted by molar-refractivity contribution is 7.16. The van der Waals surface area contributed by atoms with E-state index in [0.29, 0.717) is 11.1 Å². The third-order valence-electron chi connectivity index (χ3n) is 4.18. The van der Waals surface area contributed by atoms with Gasteiger partial charge in [-0.25, -0.2) is 4.39 Å². The van der Waals surface area contributed by atoms with Crippen LogP contribution in [-0.2, 0) is 6.42 Å². The van der Waals surface area contributed by atoms with E-state index in [-0.39, 0.29) is 17.3 Å². The lowest BCUT2D eigenvalue weighted by molar-refractivity contribution is 0.630. The third-order valence-corrected chi connectivity index (χ3v) is 5.13. The van der Waals surface area contributed by atoms with E-state index >= 15 is 0 Å². The van der Waals surface area contributed by atoms with Crippen LogP contribution in [0.2, 0.25) is 0 Å². The molecule has 0 amide bonds. The van der Waals surface area contributed by atoms with Crippen molar-refractivity contribution in [1.82, 2.24) is 0 Å². The Kier molecular flexibility index (Phi) is 3.01. The molecule has 2 heterocycles. The molecule has 1 aliphatic rings. The number of anilines is 2. The van der Waals surface area contributed by atoms with E-state index in [1.54, 1.807) is 6.07 Å². The summed E-state index contributed by atoms with van der Waals surface area (Å²) < 4.78 is 14.3. The van der Waals surface area contributed by atoms with Gasteiger partial charge in [-0.3, -0.25) is 4.79 Å². The zero-order chi connectivity index (χ0) is 15.3. The van der Waals surface area contributed by atoms with E-state index in [0.717, 1.165) is 16.8 Å². The Morgan fingerprint density at radius 2 is 2.00 bits per heavy atom. The smallest absolute Gasteiger partial charge is 0.211 e. The van der Waals surface area contributed by atoms with Gasteiger partial charge in [-0.15, -0.1) is 11.3 Å². The normalized spacial score (nSPS) is 17.0. The van der Waals surface area contributed by atoms with Crippen molar-refractivity contribution in [3.8, 4) is 0 Å². The molecule has 2 aromatic carbocycles. The molecular formula is C18H14FNOS. The monoisotopic (exact) mass is 311 g/mol. The van der Waals surface area contributed by atoms with Gasteiger partial charge < -0.3 is 4.90 Å². The van der Waals surface area contributed by atoms with Crippen LogP contribution in [0.1, 0.15) is 12.5 Å². The number of para-hydroxylation sites is 1. The van der Waals surface area contributed by atoms with Crippen LogP contribution in [0.25, 0.3) is 10.1 Å². The van der Waals surface area contributed by atoms with E-state index in [1.165, 1.54) is 29.0 Å². The van der Waals surface area contributed by atoms with Gasteiger partial charge >= 0.3 is 0 Å². The highest BCUT2D eigenvalue weighted by Gasteiger charge is 2.28. The van der Waals surface area contributed by atoms with Gasteiger partial charge in [0.2, 0.25) is 5.43 Å². The van der Waals surface area contributed by atoms with E-state index in [9.17, 15) is 9.18 Å². The number of hydrogen-bond donors (Lipinski definition) is 0. The summed E-state index contributed by atoms with van der Waals surface area (Å²) in [7, 11) is 0. The highest BCUT2D eigenvalue weighted by Crippen LogP contribution is 2.37. The molecule has 110 valence electrons. The summed E-state index contributed by atoms with van der Waals surface area (Å²) in [6.45, 7) is 2.11. The van der Waals surface area contributed by atoms with Crippen LogP contribution in [0, 0.1) is 5.82 Å². The lowest BCUT2D eigenvalue weighted by Gasteiger charge is -2.24. The number of nitrogens with zero attached hydrogens (tertiary/aromatic N) is 1. The number of benzene rings is 2. The molecule has 0 N–H and O–H groups in total. The molecule has 0 unspecified atom stereocenters. The average molecular weight is 311 g/mol. The van der Waals surface area contributed by atoms with Gasteiger partial charge in [0.15, 0.2) is 0 Å². The van der Waals surface area contributed by atoms with Gasteiger partial charge in [0, 0.05) is 27.2 Å². The molecular weight excluding hydrogens is 297 g/mol. The minimum absolute atomic E-state index is 0.100. The molecule has 1 aliphatic heterocycles.